The molecule has 4 rings (SSSR count). The highest BCUT2D eigenvalue weighted by atomic mass is 32.1. The molecule has 0 saturated heterocycles. The van der Waals surface area contributed by atoms with Gasteiger partial charge in [-0.2, -0.15) is 0 Å². The molecule has 0 spiro atoms. The predicted molar refractivity (Wildman–Crippen MR) is 122 cm³/mol. The van der Waals surface area contributed by atoms with Gasteiger partial charge in [0, 0.05) is 36.5 Å². The largest absolute Gasteiger partial charge is 0.441 e. The lowest BCUT2D eigenvalue weighted by atomic mass is 10.1. The summed E-state index contributed by atoms with van der Waals surface area (Å²) in [7, 11) is 1.70. The van der Waals surface area contributed by atoms with Crippen LogP contribution in [0.5, 0.6) is 0 Å². The van der Waals surface area contributed by atoms with Gasteiger partial charge in [0.05, 0.1) is 18.5 Å². The molecule has 2 aromatic carbocycles. The molecule has 1 amide bonds. The van der Waals surface area contributed by atoms with Gasteiger partial charge in [-0.1, -0.05) is 54.6 Å². The lowest BCUT2D eigenvalue weighted by Gasteiger charge is -2.02. The standard InChI is InChI=1S/C24H23N3O3S/c1-29-14-13-17-7-9-18(10-8-17)20-16-31-24(26-20)27-22(28)11-12-23-25-15-21(30-23)19-5-3-2-4-6-19/h2-10,15-16H,11-14H2,1H3,(H,26,27,28). The van der Waals surface area contributed by atoms with Crippen molar-refractivity contribution in [2.24, 2.45) is 0 Å². The summed E-state index contributed by atoms with van der Waals surface area (Å²) in [6.45, 7) is 0.702. The van der Waals surface area contributed by atoms with E-state index < -0.39 is 0 Å². The molecule has 7 heteroatoms. The summed E-state index contributed by atoms with van der Waals surface area (Å²) in [5, 5.41) is 5.39. The molecule has 0 saturated carbocycles. The van der Waals surface area contributed by atoms with Crippen molar-refractivity contribution < 1.29 is 13.9 Å². The van der Waals surface area contributed by atoms with E-state index in [1.165, 1.54) is 16.9 Å². The number of carbonyl (C=O) groups excluding carboxylic acids is 1. The van der Waals surface area contributed by atoms with Crippen LogP contribution in [0.3, 0.4) is 0 Å². The number of methoxy groups -OCH3 is 1. The molecule has 1 N–H and O–H groups in total. The van der Waals surface area contributed by atoms with Crippen LogP contribution in [0, 0.1) is 0 Å². The zero-order valence-corrected chi connectivity index (χ0v) is 18.0. The minimum Gasteiger partial charge on any atom is -0.441 e. The third-order valence-corrected chi connectivity index (χ3v) is 5.53. The molecule has 158 valence electrons. The minimum atomic E-state index is -0.115. The van der Waals surface area contributed by atoms with Gasteiger partial charge in [0.15, 0.2) is 16.8 Å². The summed E-state index contributed by atoms with van der Waals surface area (Å²) < 4.78 is 10.9. The van der Waals surface area contributed by atoms with Crippen molar-refractivity contribution in [1.29, 1.82) is 0 Å². The highest BCUT2D eigenvalue weighted by Gasteiger charge is 2.11. The second kappa shape index (κ2) is 10.1. The summed E-state index contributed by atoms with van der Waals surface area (Å²) in [6, 6.07) is 18.0. The lowest BCUT2D eigenvalue weighted by Crippen LogP contribution is -2.12. The Kier molecular flexibility index (Phi) is 6.86. The number of anilines is 1. The molecular formula is C24H23N3O3S. The molecule has 6 nitrogen and oxygen atoms in total. The Morgan fingerprint density at radius 2 is 1.87 bits per heavy atom. The summed E-state index contributed by atoms with van der Waals surface area (Å²) in [5.41, 5.74) is 4.05. The van der Waals surface area contributed by atoms with E-state index in [0.717, 1.165) is 23.2 Å². The van der Waals surface area contributed by atoms with Gasteiger partial charge in [0.1, 0.15) is 0 Å². The Hall–Kier alpha value is -3.29. The molecule has 0 aliphatic carbocycles. The second-order valence-electron chi connectivity index (χ2n) is 7.01. The van der Waals surface area contributed by atoms with Crippen LogP contribution in [-0.2, 0) is 22.4 Å². The first-order chi connectivity index (χ1) is 15.2. The summed E-state index contributed by atoms with van der Waals surface area (Å²) >= 11 is 1.41. The first kappa shape index (κ1) is 21.0. The summed E-state index contributed by atoms with van der Waals surface area (Å²) in [6.07, 6.45) is 3.28. The number of thiazole rings is 1. The Labute approximate surface area is 184 Å². The molecule has 2 heterocycles. The van der Waals surface area contributed by atoms with Crippen molar-refractivity contribution in [2.75, 3.05) is 19.0 Å². The van der Waals surface area contributed by atoms with Gasteiger partial charge in [0.2, 0.25) is 5.91 Å². The second-order valence-corrected chi connectivity index (χ2v) is 7.87. The maximum absolute atomic E-state index is 12.3. The van der Waals surface area contributed by atoms with E-state index in [-0.39, 0.29) is 12.3 Å². The number of hydrogen-bond acceptors (Lipinski definition) is 6. The van der Waals surface area contributed by atoms with E-state index in [1.54, 1.807) is 13.3 Å². The van der Waals surface area contributed by atoms with Crippen LogP contribution >= 0.6 is 11.3 Å². The Balaban J connectivity index is 1.30. The topological polar surface area (TPSA) is 77.2 Å². The number of nitrogens with zero attached hydrogens (tertiary/aromatic N) is 2. The van der Waals surface area contributed by atoms with Gasteiger partial charge in [-0.25, -0.2) is 9.97 Å². The fraction of sp³-hybridized carbons (Fsp3) is 0.208. The average molecular weight is 434 g/mol. The number of amides is 1. The van der Waals surface area contributed by atoms with Crippen LogP contribution in [-0.4, -0.2) is 29.6 Å². The molecule has 0 unspecified atom stereocenters. The van der Waals surface area contributed by atoms with Gasteiger partial charge in [-0.05, 0) is 12.0 Å². The maximum atomic E-state index is 12.3. The summed E-state index contributed by atoms with van der Waals surface area (Å²) in [4.78, 5) is 21.1. The number of oxazole rings is 1. The number of carbonyl (C=O) groups is 1. The van der Waals surface area contributed by atoms with Crippen LogP contribution in [0.4, 0.5) is 5.13 Å². The molecule has 0 fully saturated rings. The number of ether oxygens (including phenoxy) is 1. The van der Waals surface area contributed by atoms with Gasteiger partial charge in [-0.3, -0.25) is 4.79 Å². The van der Waals surface area contributed by atoms with Crippen molar-refractivity contribution in [3.63, 3.8) is 0 Å². The van der Waals surface area contributed by atoms with Gasteiger partial charge >= 0.3 is 0 Å². The predicted octanol–water partition coefficient (Wildman–Crippen LogP) is 5.23. The third kappa shape index (κ3) is 5.65. The quantitative estimate of drug-likeness (QED) is 0.391. The van der Waals surface area contributed by atoms with Crippen molar-refractivity contribution >= 4 is 22.4 Å². The van der Waals surface area contributed by atoms with Crippen LogP contribution in [0.25, 0.3) is 22.6 Å². The fourth-order valence-corrected chi connectivity index (χ4v) is 3.83. The fourth-order valence-electron chi connectivity index (χ4n) is 3.09. The number of aromatic nitrogens is 2. The van der Waals surface area contributed by atoms with Crippen LogP contribution < -0.4 is 5.32 Å². The van der Waals surface area contributed by atoms with E-state index in [2.05, 4.69) is 27.4 Å². The number of nitrogens with one attached hydrogen (secondary N) is 1. The van der Waals surface area contributed by atoms with Crippen molar-refractivity contribution in [3.8, 4) is 22.6 Å². The highest BCUT2D eigenvalue weighted by molar-refractivity contribution is 7.14. The molecule has 0 atom stereocenters. The number of aryl methyl sites for hydroxylation is 1. The molecule has 0 aliphatic heterocycles. The van der Waals surface area contributed by atoms with E-state index >= 15 is 0 Å². The van der Waals surface area contributed by atoms with Crippen LogP contribution in [0.15, 0.2) is 70.6 Å². The van der Waals surface area contributed by atoms with Gasteiger partial charge < -0.3 is 14.5 Å². The number of benzene rings is 2. The minimum absolute atomic E-state index is 0.115. The molecular weight excluding hydrogens is 410 g/mol. The zero-order valence-electron chi connectivity index (χ0n) is 17.2. The maximum Gasteiger partial charge on any atom is 0.226 e. The molecule has 31 heavy (non-hydrogen) atoms. The van der Waals surface area contributed by atoms with E-state index in [4.69, 9.17) is 9.15 Å². The molecule has 0 aliphatic rings. The Morgan fingerprint density at radius 3 is 2.65 bits per heavy atom. The first-order valence-electron chi connectivity index (χ1n) is 10.0. The van der Waals surface area contributed by atoms with E-state index in [9.17, 15) is 4.79 Å². The Morgan fingerprint density at radius 1 is 1.06 bits per heavy atom. The Bertz CT molecular complexity index is 1120. The number of hydrogen-bond donors (Lipinski definition) is 1. The van der Waals surface area contributed by atoms with Gasteiger partial charge in [0.25, 0.3) is 0 Å². The molecule has 0 radical (unpaired) electrons. The SMILES string of the molecule is COCCc1ccc(-c2csc(NC(=O)CCc3ncc(-c4ccccc4)o3)n2)cc1. The summed E-state index contributed by atoms with van der Waals surface area (Å²) in [5.74, 6) is 1.13. The average Bonchev–Trinajstić information content (AvgIpc) is 3.47. The van der Waals surface area contributed by atoms with Crippen LogP contribution in [0.1, 0.15) is 17.9 Å². The smallest absolute Gasteiger partial charge is 0.226 e. The van der Waals surface area contributed by atoms with Crippen LogP contribution in [0.2, 0.25) is 0 Å². The highest BCUT2D eigenvalue weighted by Crippen LogP contribution is 2.26. The normalized spacial score (nSPS) is 10.9. The lowest BCUT2D eigenvalue weighted by molar-refractivity contribution is -0.116. The zero-order chi connectivity index (χ0) is 21.5. The third-order valence-electron chi connectivity index (χ3n) is 4.77. The molecule has 2 aromatic heterocycles. The molecule has 0 bridgehead atoms. The first-order valence-corrected chi connectivity index (χ1v) is 10.9. The van der Waals surface area contributed by atoms with Crippen molar-refractivity contribution in [3.05, 3.63) is 77.6 Å². The van der Waals surface area contributed by atoms with E-state index in [1.807, 2.05) is 47.8 Å². The monoisotopic (exact) mass is 433 g/mol. The van der Waals surface area contributed by atoms with Crippen molar-refractivity contribution in [1.82, 2.24) is 9.97 Å². The molecule has 4 aromatic rings. The van der Waals surface area contributed by atoms with Crippen molar-refractivity contribution in [2.45, 2.75) is 19.3 Å². The van der Waals surface area contributed by atoms with E-state index in [0.29, 0.717) is 29.8 Å². The van der Waals surface area contributed by atoms with Gasteiger partial charge in [-0.15, -0.1) is 11.3 Å². The number of rotatable bonds is 9.